The van der Waals surface area contributed by atoms with Gasteiger partial charge in [0.15, 0.2) is 0 Å². The molecule has 13 heavy (non-hydrogen) atoms. The van der Waals surface area contributed by atoms with Gasteiger partial charge in [0.25, 0.3) is 0 Å². The highest BCUT2D eigenvalue weighted by atomic mass is 35.5. The van der Waals surface area contributed by atoms with Crippen molar-refractivity contribution in [1.82, 2.24) is 4.98 Å². The van der Waals surface area contributed by atoms with Gasteiger partial charge in [0.1, 0.15) is 6.04 Å². The van der Waals surface area contributed by atoms with Crippen LogP contribution in [0.3, 0.4) is 0 Å². The van der Waals surface area contributed by atoms with E-state index in [0.717, 1.165) is 5.56 Å². The van der Waals surface area contributed by atoms with E-state index in [9.17, 15) is 4.79 Å². The van der Waals surface area contributed by atoms with Gasteiger partial charge in [-0.3, -0.25) is 9.78 Å². The van der Waals surface area contributed by atoms with Crippen LogP contribution in [0.15, 0.2) is 12.3 Å². The quantitative estimate of drug-likeness (QED) is 0.750. The summed E-state index contributed by atoms with van der Waals surface area (Å²) in [6.07, 6.45) is 1.40. The Bertz CT molecular complexity index is 341. The van der Waals surface area contributed by atoms with Crippen LogP contribution in [0.25, 0.3) is 0 Å². The van der Waals surface area contributed by atoms with Crippen LogP contribution in [0.5, 0.6) is 0 Å². The minimum Gasteiger partial charge on any atom is -0.480 e. The van der Waals surface area contributed by atoms with E-state index in [1.165, 1.54) is 6.20 Å². The van der Waals surface area contributed by atoms with Crippen molar-refractivity contribution in [3.05, 3.63) is 28.5 Å². The Kier molecular flexibility index (Phi) is 2.85. The average Bonchev–Trinajstić information content (AvgIpc) is 2.08. The van der Waals surface area contributed by atoms with Gasteiger partial charge in [0.2, 0.25) is 0 Å². The summed E-state index contributed by atoms with van der Waals surface area (Å²) in [5.74, 6) is -1.10. The molecule has 4 nitrogen and oxygen atoms in total. The molecular formula is C8H9ClN2O2. The SMILES string of the molecule is Cc1cc(C(N)C(=O)O)ncc1Cl. The zero-order valence-electron chi connectivity index (χ0n) is 6.99. The van der Waals surface area contributed by atoms with E-state index in [1.807, 2.05) is 0 Å². The summed E-state index contributed by atoms with van der Waals surface area (Å²) in [7, 11) is 0. The van der Waals surface area contributed by atoms with Crippen molar-refractivity contribution in [1.29, 1.82) is 0 Å². The lowest BCUT2D eigenvalue weighted by atomic mass is 10.1. The van der Waals surface area contributed by atoms with Gasteiger partial charge in [-0.05, 0) is 18.6 Å². The molecule has 0 saturated heterocycles. The summed E-state index contributed by atoms with van der Waals surface area (Å²) >= 11 is 5.71. The lowest BCUT2D eigenvalue weighted by molar-refractivity contribution is -0.138. The molecule has 5 heteroatoms. The van der Waals surface area contributed by atoms with Gasteiger partial charge in [-0.25, -0.2) is 0 Å². The Balaban J connectivity index is 3.03. The predicted octanol–water partition coefficient (Wildman–Crippen LogP) is 1.13. The Labute approximate surface area is 80.3 Å². The van der Waals surface area contributed by atoms with Gasteiger partial charge in [0, 0.05) is 6.20 Å². The lowest BCUT2D eigenvalue weighted by Gasteiger charge is -2.06. The number of hydrogen-bond acceptors (Lipinski definition) is 3. The fourth-order valence-electron chi connectivity index (χ4n) is 0.858. The molecule has 1 aromatic heterocycles. The number of hydrogen-bond donors (Lipinski definition) is 2. The molecule has 1 aromatic rings. The molecule has 0 fully saturated rings. The number of carboxylic acids is 1. The van der Waals surface area contributed by atoms with Crippen molar-refractivity contribution in [2.45, 2.75) is 13.0 Å². The molecule has 0 aliphatic heterocycles. The Morgan fingerprint density at radius 3 is 2.85 bits per heavy atom. The fourth-order valence-corrected chi connectivity index (χ4v) is 0.961. The van der Waals surface area contributed by atoms with Crippen molar-refractivity contribution in [2.24, 2.45) is 5.73 Å². The summed E-state index contributed by atoms with van der Waals surface area (Å²) in [5, 5.41) is 9.10. The highest BCUT2D eigenvalue weighted by molar-refractivity contribution is 6.31. The first-order valence-corrected chi connectivity index (χ1v) is 4.00. The number of carboxylic acid groups (broad SMARTS) is 1. The molecular weight excluding hydrogens is 192 g/mol. The van der Waals surface area contributed by atoms with Crippen LogP contribution >= 0.6 is 11.6 Å². The van der Waals surface area contributed by atoms with Crippen molar-refractivity contribution in [3.63, 3.8) is 0 Å². The van der Waals surface area contributed by atoms with Crippen LogP contribution in [0.4, 0.5) is 0 Å². The van der Waals surface area contributed by atoms with Gasteiger partial charge in [0.05, 0.1) is 10.7 Å². The Morgan fingerprint density at radius 2 is 2.38 bits per heavy atom. The number of aromatic nitrogens is 1. The first kappa shape index (κ1) is 9.95. The maximum atomic E-state index is 10.5. The van der Waals surface area contributed by atoms with Gasteiger partial charge >= 0.3 is 5.97 Å². The largest absolute Gasteiger partial charge is 0.480 e. The maximum Gasteiger partial charge on any atom is 0.326 e. The van der Waals surface area contributed by atoms with Crippen molar-refractivity contribution < 1.29 is 9.90 Å². The van der Waals surface area contributed by atoms with Crippen LogP contribution < -0.4 is 5.73 Å². The molecule has 1 atom stereocenters. The molecule has 0 radical (unpaired) electrons. The van der Waals surface area contributed by atoms with E-state index in [0.29, 0.717) is 10.7 Å². The minimum absolute atomic E-state index is 0.314. The average molecular weight is 201 g/mol. The summed E-state index contributed by atoms with van der Waals surface area (Å²) in [4.78, 5) is 14.3. The van der Waals surface area contributed by atoms with Gasteiger partial charge in [-0.1, -0.05) is 11.6 Å². The number of pyridine rings is 1. The topological polar surface area (TPSA) is 76.2 Å². The second kappa shape index (κ2) is 3.72. The zero-order valence-corrected chi connectivity index (χ0v) is 7.75. The predicted molar refractivity (Wildman–Crippen MR) is 48.5 cm³/mol. The molecule has 70 valence electrons. The van der Waals surface area contributed by atoms with E-state index in [-0.39, 0.29) is 0 Å². The molecule has 0 bridgehead atoms. The van der Waals surface area contributed by atoms with Crippen molar-refractivity contribution in [3.8, 4) is 0 Å². The number of aliphatic carboxylic acids is 1. The molecule has 1 heterocycles. The van der Waals surface area contributed by atoms with E-state index in [1.54, 1.807) is 13.0 Å². The van der Waals surface area contributed by atoms with E-state index in [2.05, 4.69) is 4.98 Å². The standard InChI is InChI=1S/C8H9ClN2O2/c1-4-2-6(7(10)8(12)13)11-3-5(4)9/h2-3,7H,10H2,1H3,(H,12,13). The first-order chi connectivity index (χ1) is 6.02. The highest BCUT2D eigenvalue weighted by Gasteiger charge is 2.15. The third-order valence-electron chi connectivity index (χ3n) is 1.65. The monoisotopic (exact) mass is 200 g/mol. The molecule has 0 aliphatic carbocycles. The van der Waals surface area contributed by atoms with E-state index < -0.39 is 12.0 Å². The van der Waals surface area contributed by atoms with Crippen LogP contribution in [0.2, 0.25) is 5.02 Å². The molecule has 1 rings (SSSR count). The van der Waals surface area contributed by atoms with Crippen molar-refractivity contribution >= 4 is 17.6 Å². The van der Waals surface area contributed by atoms with Gasteiger partial charge in [-0.15, -0.1) is 0 Å². The molecule has 0 aromatic carbocycles. The van der Waals surface area contributed by atoms with Crippen LogP contribution in [-0.2, 0) is 4.79 Å². The Morgan fingerprint density at radius 1 is 1.77 bits per heavy atom. The summed E-state index contributed by atoms with van der Waals surface area (Å²) in [6.45, 7) is 1.77. The molecule has 0 spiro atoms. The zero-order chi connectivity index (χ0) is 10.0. The van der Waals surface area contributed by atoms with E-state index in [4.69, 9.17) is 22.4 Å². The van der Waals surface area contributed by atoms with Crippen LogP contribution in [0, 0.1) is 6.92 Å². The molecule has 3 N–H and O–H groups in total. The molecule has 0 aliphatic rings. The molecule has 0 amide bonds. The number of nitrogens with two attached hydrogens (primary N) is 1. The number of nitrogens with zero attached hydrogens (tertiary/aromatic N) is 1. The minimum atomic E-state index is -1.10. The number of aryl methyl sites for hydroxylation is 1. The van der Waals surface area contributed by atoms with Crippen LogP contribution in [0.1, 0.15) is 17.3 Å². The third kappa shape index (κ3) is 2.17. The summed E-state index contributed by atoms with van der Waals surface area (Å²) in [6, 6.07) is 0.483. The lowest BCUT2D eigenvalue weighted by Crippen LogP contribution is -2.21. The fraction of sp³-hybridized carbons (Fsp3) is 0.250. The van der Waals surface area contributed by atoms with Crippen molar-refractivity contribution in [2.75, 3.05) is 0 Å². The second-order valence-corrected chi connectivity index (χ2v) is 3.08. The maximum absolute atomic E-state index is 10.5. The number of halogens is 1. The molecule has 0 saturated carbocycles. The van der Waals surface area contributed by atoms with E-state index >= 15 is 0 Å². The first-order valence-electron chi connectivity index (χ1n) is 3.63. The van der Waals surface area contributed by atoms with Gasteiger partial charge in [-0.2, -0.15) is 0 Å². The normalized spacial score (nSPS) is 12.5. The third-order valence-corrected chi connectivity index (χ3v) is 2.05. The van der Waals surface area contributed by atoms with Crippen LogP contribution in [-0.4, -0.2) is 16.1 Å². The number of rotatable bonds is 2. The highest BCUT2D eigenvalue weighted by Crippen LogP contribution is 2.16. The van der Waals surface area contributed by atoms with Gasteiger partial charge < -0.3 is 10.8 Å². The second-order valence-electron chi connectivity index (χ2n) is 2.67. The summed E-state index contributed by atoms with van der Waals surface area (Å²) < 4.78 is 0. The summed E-state index contributed by atoms with van der Waals surface area (Å²) in [5.41, 5.74) is 6.43. The smallest absolute Gasteiger partial charge is 0.326 e. The number of carbonyl (C=O) groups is 1. The molecule has 1 unspecified atom stereocenters. The Hall–Kier alpha value is -1.13.